The van der Waals surface area contributed by atoms with Gasteiger partial charge in [-0.2, -0.15) is 5.06 Å². The summed E-state index contributed by atoms with van der Waals surface area (Å²) < 4.78 is -0.852. The molecule has 0 N–H and O–H groups in total. The minimum Gasteiger partial charge on any atom is -0.270 e. The van der Waals surface area contributed by atoms with E-state index in [0.717, 1.165) is 11.3 Å². The Labute approximate surface area is 126 Å². The molecule has 1 aromatic rings. The van der Waals surface area contributed by atoms with Crippen LogP contribution in [-0.4, -0.2) is 16.3 Å². The average molecular weight is 430 g/mol. The first-order valence-electron chi connectivity index (χ1n) is 4.82. The molecule has 0 aliphatic carbocycles. The van der Waals surface area contributed by atoms with Crippen molar-refractivity contribution in [3.63, 3.8) is 0 Å². The Balaban J connectivity index is 3.14. The minimum absolute atomic E-state index is 0.228. The van der Waals surface area contributed by atoms with Gasteiger partial charge in [0.25, 0.3) is 5.91 Å². The molecule has 3 nitrogen and oxygen atoms in total. The molecular formula is C11H12Br3NO2. The summed E-state index contributed by atoms with van der Waals surface area (Å²) >= 11 is 9.91. The Morgan fingerprint density at radius 3 is 2.47 bits per heavy atom. The molecule has 17 heavy (non-hydrogen) atoms. The molecule has 1 amide bonds. The van der Waals surface area contributed by atoms with Gasteiger partial charge >= 0.3 is 0 Å². The van der Waals surface area contributed by atoms with E-state index < -0.39 is 3.23 Å². The van der Waals surface area contributed by atoms with Gasteiger partial charge < -0.3 is 0 Å². The molecule has 0 aliphatic heterocycles. The van der Waals surface area contributed by atoms with Crippen LogP contribution in [0.25, 0.3) is 0 Å². The van der Waals surface area contributed by atoms with E-state index in [1.54, 1.807) is 6.92 Å². The van der Waals surface area contributed by atoms with Gasteiger partial charge in [-0.1, -0.05) is 66.0 Å². The maximum absolute atomic E-state index is 12.2. The van der Waals surface area contributed by atoms with Crippen LogP contribution >= 0.6 is 47.8 Å². The fraction of sp³-hybridized carbons (Fsp3) is 0.364. The van der Waals surface area contributed by atoms with Gasteiger partial charge in [0.15, 0.2) is 3.23 Å². The van der Waals surface area contributed by atoms with Crippen molar-refractivity contribution in [1.29, 1.82) is 0 Å². The van der Waals surface area contributed by atoms with Crippen molar-refractivity contribution in [2.75, 3.05) is 12.2 Å². The molecule has 0 radical (unpaired) electrons. The second-order valence-corrected chi connectivity index (χ2v) is 8.23. The van der Waals surface area contributed by atoms with Crippen molar-refractivity contribution < 1.29 is 9.63 Å². The summed E-state index contributed by atoms with van der Waals surface area (Å²) in [6.45, 7) is 1.71. The maximum atomic E-state index is 12.2. The number of carbonyl (C=O) groups excluding carboxylic acids is 1. The van der Waals surface area contributed by atoms with Crippen LogP contribution in [0.4, 0.5) is 5.69 Å². The number of hydrogen-bond acceptors (Lipinski definition) is 2. The number of hydrogen-bond donors (Lipinski definition) is 0. The fourth-order valence-electron chi connectivity index (χ4n) is 1.29. The largest absolute Gasteiger partial charge is 0.278 e. The van der Waals surface area contributed by atoms with E-state index in [9.17, 15) is 4.79 Å². The summed E-state index contributed by atoms with van der Waals surface area (Å²) in [6.07, 6.45) is 0. The lowest BCUT2D eigenvalue weighted by atomic mass is 10.2. The highest BCUT2D eigenvalue weighted by Crippen LogP contribution is 2.32. The molecule has 0 aliphatic rings. The molecule has 0 spiro atoms. The summed E-state index contributed by atoms with van der Waals surface area (Å²) in [7, 11) is 1.47. The van der Waals surface area contributed by atoms with Gasteiger partial charge in [0.05, 0.1) is 12.8 Å². The van der Waals surface area contributed by atoms with Gasteiger partial charge in [-0.05, 0) is 18.6 Å². The molecule has 0 saturated carbocycles. The molecular weight excluding hydrogens is 418 g/mol. The zero-order valence-corrected chi connectivity index (χ0v) is 14.2. The number of para-hydroxylation sites is 1. The number of amides is 1. The molecule has 6 heteroatoms. The number of benzene rings is 1. The Morgan fingerprint density at radius 1 is 1.41 bits per heavy atom. The summed E-state index contributed by atoms with van der Waals surface area (Å²) in [5.41, 5.74) is 1.70. The zero-order valence-electron chi connectivity index (χ0n) is 9.41. The van der Waals surface area contributed by atoms with Crippen molar-refractivity contribution in [3.8, 4) is 0 Å². The molecule has 0 aromatic heterocycles. The first kappa shape index (κ1) is 15.1. The molecule has 0 fully saturated rings. The normalized spacial score (nSPS) is 11.4. The Morgan fingerprint density at radius 2 is 2.00 bits per heavy atom. The predicted molar refractivity (Wildman–Crippen MR) is 79.8 cm³/mol. The topological polar surface area (TPSA) is 29.5 Å². The lowest BCUT2D eigenvalue weighted by Crippen LogP contribution is -2.39. The molecule has 1 rings (SSSR count). The minimum atomic E-state index is -0.852. The van der Waals surface area contributed by atoms with Gasteiger partial charge in [-0.15, -0.1) is 0 Å². The van der Waals surface area contributed by atoms with Crippen molar-refractivity contribution in [2.45, 2.75) is 15.5 Å². The first-order valence-corrected chi connectivity index (χ1v) is 7.53. The van der Waals surface area contributed by atoms with Gasteiger partial charge in [-0.3, -0.25) is 9.63 Å². The number of nitrogens with zero attached hydrogens (tertiary/aromatic N) is 1. The highest BCUT2D eigenvalue weighted by molar-refractivity contribution is 9.25. The Kier molecular flexibility index (Phi) is 5.63. The summed E-state index contributed by atoms with van der Waals surface area (Å²) in [5, 5.41) is 1.91. The van der Waals surface area contributed by atoms with E-state index >= 15 is 0 Å². The predicted octanol–water partition coefficient (Wildman–Crippen LogP) is 3.98. The van der Waals surface area contributed by atoms with Gasteiger partial charge in [-0.25, -0.2) is 0 Å². The third kappa shape index (κ3) is 3.77. The highest BCUT2D eigenvalue weighted by atomic mass is 79.9. The number of carbonyl (C=O) groups is 1. The van der Waals surface area contributed by atoms with Gasteiger partial charge in [0.1, 0.15) is 0 Å². The number of halogens is 3. The van der Waals surface area contributed by atoms with E-state index in [2.05, 4.69) is 47.8 Å². The van der Waals surface area contributed by atoms with E-state index in [1.165, 1.54) is 12.2 Å². The molecule has 0 atom stereocenters. The standard InChI is InChI=1S/C11H12Br3NO2/c1-11(13,14)10(16)15(17-2)9-6-4-3-5-8(9)7-12/h3-6H,7H2,1-2H3. The third-order valence-electron chi connectivity index (χ3n) is 2.10. The van der Waals surface area contributed by atoms with Crippen molar-refractivity contribution in [2.24, 2.45) is 0 Å². The van der Waals surface area contributed by atoms with E-state index in [-0.39, 0.29) is 5.91 Å². The van der Waals surface area contributed by atoms with Crippen molar-refractivity contribution >= 4 is 59.4 Å². The molecule has 94 valence electrons. The van der Waals surface area contributed by atoms with Crippen LogP contribution in [0.3, 0.4) is 0 Å². The number of rotatable bonds is 4. The Hall–Kier alpha value is 0.0900. The van der Waals surface area contributed by atoms with Crippen molar-refractivity contribution in [1.82, 2.24) is 0 Å². The maximum Gasteiger partial charge on any atom is 0.278 e. The number of hydroxylamine groups is 1. The smallest absolute Gasteiger partial charge is 0.270 e. The molecule has 1 aromatic carbocycles. The second kappa shape index (κ2) is 6.31. The van der Waals surface area contributed by atoms with Crippen LogP contribution in [0, 0.1) is 0 Å². The summed E-state index contributed by atoms with van der Waals surface area (Å²) in [4.78, 5) is 17.3. The van der Waals surface area contributed by atoms with Gasteiger partial charge in [0, 0.05) is 5.33 Å². The van der Waals surface area contributed by atoms with Crippen LogP contribution in [-0.2, 0) is 15.0 Å². The zero-order chi connectivity index (χ0) is 13.1. The molecule has 0 bridgehead atoms. The van der Waals surface area contributed by atoms with Crippen LogP contribution in [0.5, 0.6) is 0 Å². The third-order valence-corrected chi connectivity index (χ3v) is 3.38. The SMILES string of the molecule is CON(C(=O)C(C)(Br)Br)c1ccccc1CBr. The highest BCUT2D eigenvalue weighted by Gasteiger charge is 2.33. The number of anilines is 1. The summed E-state index contributed by atoms with van der Waals surface area (Å²) in [5.74, 6) is -0.228. The fourth-order valence-corrected chi connectivity index (χ4v) is 2.09. The number of alkyl halides is 3. The Bertz CT molecular complexity index is 404. The van der Waals surface area contributed by atoms with Crippen LogP contribution in [0.15, 0.2) is 24.3 Å². The second-order valence-electron chi connectivity index (χ2n) is 3.43. The summed E-state index contributed by atoms with van der Waals surface area (Å²) in [6, 6.07) is 7.55. The van der Waals surface area contributed by atoms with E-state index in [4.69, 9.17) is 4.84 Å². The lowest BCUT2D eigenvalue weighted by Gasteiger charge is -2.26. The van der Waals surface area contributed by atoms with Crippen molar-refractivity contribution in [3.05, 3.63) is 29.8 Å². The lowest BCUT2D eigenvalue weighted by molar-refractivity contribution is -0.124. The molecule has 0 saturated heterocycles. The molecule has 0 unspecified atom stereocenters. The van der Waals surface area contributed by atoms with E-state index in [0.29, 0.717) is 5.33 Å². The van der Waals surface area contributed by atoms with Gasteiger partial charge in [0.2, 0.25) is 0 Å². The average Bonchev–Trinajstić information content (AvgIpc) is 2.29. The molecule has 0 heterocycles. The van der Waals surface area contributed by atoms with Crippen LogP contribution in [0.2, 0.25) is 0 Å². The van der Waals surface area contributed by atoms with E-state index in [1.807, 2.05) is 24.3 Å². The first-order chi connectivity index (χ1) is 7.91. The van der Waals surface area contributed by atoms with Crippen LogP contribution in [0.1, 0.15) is 12.5 Å². The quantitative estimate of drug-likeness (QED) is 0.535. The van der Waals surface area contributed by atoms with Crippen LogP contribution < -0.4 is 5.06 Å². The monoisotopic (exact) mass is 427 g/mol.